The van der Waals surface area contributed by atoms with Crippen LogP contribution < -0.4 is 5.32 Å². The van der Waals surface area contributed by atoms with Crippen molar-refractivity contribution in [3.8, 4) is 0 Å². The maximum absolute atomic E-state index is 11.9. The van der Waals surface area contributed by atoms with E-state index in [4.69, 9.17) is 4.52 Å². The minimum atomic E-state index is -0.497. The first kappa shape index (κ1) is 14.7. The monoisotopic (exact) mass is 293 g/mol. The van der Waals surface area contributed by atoms with Crippen molar-refractivity contribution in [2.24, 2.45) is 0 Å². The summed E-state index contributed by atoms with van der Waals surface area (Å²) in [6, 6.07) is 0. The van der Waals surface area contributed by atoms with Gasteiger partial charge in [-0.05, 0) is 20.8 Å². The van der Waals surface area contributed by atoms with Crippen LogP contribution in [0.5, 0.6) is 0 Å². The standard InChI is InChI=1S/C12H15N5O4/c1-7-12(9(3)21-15-7)14-11(18)4-5-16-8(2)10(6-13-16)17(19)20/h6H,4-5H2,1-3H3,(H,14,18). The van der Waals surface area contributed by atoms with E-state index in [9.17, 15) is 14.9 Å². The van der Waals surface area contributed by atoms with E-state index >= 15 is 0 Å². The zero-order valence-electron chi connectivity index (χ0n) is 11.9. The van der Waals surface area contributed by atoms with Crippen molar-refractivity contribution in [1.82, 2.24) is 14.9 Å². The lowest BCUT2D eigenvalue weighted by molar-refractivity contribution is -0.385. The smallest absolute Gasteiger partial charge is 0.309 e. The van der Waals surface area contributed by atoms with Gasteiger partial charge in [-0.15, -0.1) is 0 Å². The topological polar surface area (TPSA) is 116 Å². The fraction of sp³-hybridized carbons (Fsp3) is 0.417. The summed E-state index contributed by atoms with van der Waals surface area (Å²) >= 11 is 0. The van der Waals surface area contributed by atoms with Crippen LogP contribution in [0.25, 0.3) is 0 Å². The zero-order chi connectivity index (χ0) is 15.6. The maximum atomic E-state index is 11.9. The van der Waals surface area contributed by atoms with Gasteiger partial charge in [0.05, 0.1) is 11.5 Å². The van der Waals surface area contributed by atoms with Crippen molar-refractivity contribution in [3.05, 3.63) is 33.5 Å². The van der Waals surface area contributed by atoms with E-state index in [-0.39, 0.29) is 24.6 Å². The van der Waals surface area contributed by atoms with Crippen molar-refractivity contribution in [2.45, 2.75) is 33.7 Å². The van der Waals surface area contributed by atoms with E-state index in [1.54, 1.807) is 20.8 Å². The van der Waals surface area contributed by atoms with Crippen LogP contribution in [-0.2, 0) is 11.3 Å². The number of rotatable bonds is 5. The molecule has 21 heavy (non-hydrogen) atoms. The molecule has 0 atom stereocenters. The second-order valence-electron chi connectivity index (χ2n) is 4.59. The predicted octanol–water partition coefficient (Wildman–Crippen LogP) is 1.73. The molecule has 1 amide bonds. The minimum Gasteiger partial charge on any atom is -0.359 e. The molecule has 0 fully saturated rings. The number of carbonyl (C=O) groups excluding carboxylic acids is 1. The second kappa shape index (κ2) is 5.73. The molecule has 1 N–H and O–H groups in total. The highest BCUT2D eigenvalue weighted by Crippen LogP contribution is 2.19. The largest absolute Gasteiger partial charge is 0.359 e. The average molecular weight is 293 g/mol. The molecular weight excluding hydrogens is 278 g/mol. The quantitative estimate of drug-likeness (QED) is 0.663. The number of nitrogens with one attached hydrogen (secondary N) is 1. The van der Waals surface area contributed by atoms with Crippen molar-refractivity contribution >= 4 is 17.3 Å². The Kier molecular flexibility index (Phi) is 4.01. The molecule has 0 aliphatic rings. The molecule has 0 saturated carbocycles. The molecule has 0 aromatic carbocycles. The first-order valence-electron chi connectivity index (χ1n) is 6.29. The third-order valence-electron chi connectivity index (χ3n) is 3.12. The number of anilines is 1. The molecular formula is C12H15N5O4. The number of aryl methyl sites for hydroxylation is 3. The van der Waals surface area contributed by atoms with E-state index in [1.165, 1.54) is 10.9 Å². The van der Waals surface area contributed by atoms with Gasteiger partial charge in [0, 0.05) is 6.42 Å². The summed E-state index contributed by atoms with van der Waals surface area (Å²) in [6.07, 6.45) is 1.32. The lowest BCUT2D eigenvalue weighted by Gasteiger charge is -2.05. The summed E-state index contributed by atoms with van der Waals surface area (Å²) in [7, 11) is 0. The van der Waals surface area contributed by atoms with E-state index in [2.05, 4.69) is 15.6 Å². The molecule has 0 spiro atoms. The van der Waals surface area contributed by atoms with Crippen LogP contribution in [0.4, 0.5) is 11.4 Å². The molecule has 0 bridgehead atoms. The van der Waals surface area contributed by atoms with Crippen molar-refractivity contribution in [2.75, 3.05) is 5.32 Å². The number of carbonyl (C=O) groups is 1. The van der Waals surface area contributed by atoms with E-state index < -0.39 is 4.92 Å². The summed E-state index contributed by atoms with van der Waals surface area (Å²) in [6.45, 7) is 5.29. The van der Waals surface area contributed by atoms with Crippen LogP contribution in [0.15, 0.2) is 10.7 Å². The number of aromatic nitrogens is 3. The van der Waals surface area contributed by atoms with Gasteiger partial charge in [0.2, 0.25) is 5.91 Å². The molecule has 0 saturated heterocycles. The third kappa shape index (κ3) is 3.07. The van der Waals surface area contributed by atoms with Gasteiger partial charge in [-0.25, -0.2) is 0 Å². The Morgan fingerprint density at radius 2 is 2.19 bits per heavy atom. The fourth-order valence-corrected chi connectivity index (χ4v) is 1.91. The van der Waals surface area contributed by atoms with Gasteiger partial charge < -0.3 is 9.84 Å². The van der Waals surface area contributed by atoms with Gasteiger partial charge in [-0.2, -0.15) is 5.10 Å². The Balaban J connectivity index is 1.97. The van der Waals surface area contributed by atoms with E-state index in [1.807, 2.05) is 0 Å². The minimum absolute atomic E-state index is 0.0545. The van der Waals surface area contributed by atoms with Gasteiger partial charge >= 0.3 is 5.69 Å². The van der Waals surface area contributed by atoms with Crippen LogP contribution in [0.2, 0.25) is 0 Å². The molecule has 2 rings (SSSR count). The molecule has 2 aromatic rings. The summed E-state index contributed by atoms with van der Waals surface area (Å²) in [5.74, 6) is 0.300. The molecule has 9 nitrogen and oxygen atoms in total. The van der Waals surface area contributed by atoms with Gasteiger partial charge in [0.15, 0.2) is 5.76 Å². The molecule has 0 unspecified atom stereocenters. The Hall–Kier alpha value is -2.71. The van der Waals surface area contributed by atoms with Crippen LogP contribution in [-0.4, -0.2) is 25.8 Å². The first-order valence-corrected chi connectivity index (χ1v) is 6.29. The molecule has 0 aliphatic heterocycles. The summed E-state index contributed by atoms with van der Waals surface area (Å²) in [5.41, 5.74) is 1.53. The van der Waals surface area contributed by atoms with Gasteiger partial charge in [0.1, 0.15) is 23.3 Å². The highest BCUT2D eigenvalue weighted by atomic mass is 16.6. The highest BCUT2D eigenvalue weighted by molar-refractivity contribution is 5.91. The Morgan fingerprint density at radius 3 is 2.71 bits per heavy atom. The highest BCUT2D eigenvalue weighted by Gasteiger charge is 2.17. The Morgan fingerprint density at radius 1 is 1.48 bits per heavy atom. The predicted molar refractivity (Wildman–Crippen MR) is 72.8 cm³/mol. The van der Waals surface area contributed by atoms with Crippen LogP contribution in [0, 0.1) is 30.9 Å². The lowest BCUT2D eigenvalue weighted by atomic mass is 10.3. The molecule has 2 aromatic heterocycles. The molecule has 2 heterocycles. The van der Waals surface area contributed by atoms with Gasteiger partial charge in [-0.3, -0.25) is 19.6 Å². The fourth-order valence-electron chi connectivity index (χ4n) is 1.91. The summed E-state index contributed by atoms with van der Waals surface area (Å²) in [4.78, 5) is 22.1. The summed E-state index contributed by atoms with van der Waals surface area (Å²) < 4.78 is 6.39. The zero-order valence-corrected chi connectivity index (χ0v) is 11.9. The number of amides is 1. The Labute approximate surface area is 120 Å². The SMILES string of the molecule is Cc1noc(C)c1NC(=O)CCn1ncc([N+](=O)[O-])c1C. The normalized spacial score (nSPS) is 10.6. The molecule has 112 valence electrons. The number of nitro groups is 1. The van der Waals surface area contributed by atoms with E-state index in [0.717, 1.165) is 0 Å². The molecule has 0 radical (unpaired) electrons. The third-order valence-corrected chi connectivity index (χ3v) is 3.12. The first-order chi connectivity index (χ1) is 9.90. The lowest BCUT2D eigenvalue weighted by Crippen LogP contribution is -2.16. The van der Waals surface area contributed by atoms with Gasteiger partial charge in [-0.1, -0.05) is 5.16 Å². The van der Waals surface area contributed by atoms with Crippen LogP contribution >= 0.6 is 0 Å². The number of nitrogens with zero attached hydrogens (tertiary/aromatic N) is 4. The Bertz CT molecular complexity index is 668. The number of hydrogen-bond acceptors (Lipinski definition) is 6. The molecule has 9 heteroatoms. The second-order valence-corrected chi connectivity index (χ2v) is 4.59. The van der Waals surface area contributed by atoms with Gasteiger partial charge in [0.25, 0.3) is 0 Å². The average Bonchev–Trinajstić information content (AvgIpc) is 2.94. The molecule has 0 aliphatic carbocycles. The van der Waals surface area contributed by atoms with Crippen LogP contribution in [0.3, 0.4) is 0 Å². The van der Waals surface area contributed by atoms with Crippen molar-refractivity contribution in [3.63, 3.8) is 0 Å². The maximum Gasteiger partial charge on any atom is 0.309 e. The summed E-state index contributed by atoms with van der Waals surface area (Å²) in [5, 5.41) is 21.1. The van der Waals surface area contributed by atoms with Crippen molar-refractivity contribution in [1.29, 1.82) is 0 Å². The van der Waals surface area contributed by atoms with E-state index in [0.29, 0.717) is 22.8 Å². The number of hydrogen-bond donors (Lipinski definition) is 1. The van der Waals surface area contributed by atoms with Crippen molar-refractivity contribution < 1.29 is 14.2 Å². The van der Waals surface area contributed by atoms with Crippen LogP contribution in [0.1, 0.15) is 23.6 Å².